The fourth-order valence-corrected chi connectivity index (χ4v) is 0.764. The summed E-state index contributed by atoms with van der Waals surface area (Å²) in [6.07, 6.45) is 3.94. The van der Waals surface area contributed by atoms with Crippen molar-refractivity contribution in [2.45, 2.75) is 19.1 Å². The first-order valence-corrected chi connectivity index (χ1v) is 3.91. The lowest BCUT2D eigenvalue weighted by molar-refractivity contribution is 0.528. The van der Waals surface area contributed by atoms with E-state index in [9.17, 15) is 4.79 Å². The van der Waals surface area contributed by atoms with Crippen molar-refractivity contribution in [1.29, 1.82) is 0 Å². The van der Waals surface area contributed by atoms with E-state index >= 15 is 0 Å². The molecule has 1 nitrogen and oxygen atoms in total. The molecule has 8 heavy (non-hydrogen) atoms. The highest BCUT2D eigenvalue weighted by Crippen LogP contribution is 2.13. The molecule has 0 aromatic carbocycles. The minimum atomic E-state index is 0.0741. The second-order valence-corrected chi connectivity index (χ2v) is 3.06. The van der Waals surface area contributed by atoms with Crippen molar-refractivity contribution < 1.29 is 4.79 Å². The normalized spacial score (nSPS) is 17.4. The van der Waals surface area contributed by atoms with Gasteiger partial charge in [-0.25, -0.2) is 0 Å². The summed E-state index contributed by atoms with van der Waals surface area (Å²) in [5.41, 5.74) is 0. The highest BCUT2D eigenvalue weighted by molar-refractivity contribution is 7.99. The van der Waals surface area contributed by atoms with Gasteiger partial charge in [0.1, 0.15) is 0 Å². The van der Waals surface area contributed by atoms with Gasteiger partial charge in [-0.3, -0.25) is 4.79 Å². The van der Waals surface area contributed by atoms with Crippen LogP contribution in [0.4, 0.5) is 0 Å². The molecule has 0 amide bonds. The molecule has 0 saturated carbocycles. The van der Waals surface area contributed by atoms with Gasteiger partial charge < -0.3 is 0 Å². The molecule has 0 N–H and O–H groups in total. The van der Waals surface area contributed by atoms with Crippen molar-refractivity contribution >= 4 is 18.0 Å². The van der Waals surface area contributed by atoms with Gasteiger partial charge in [0.25, 0.3) is 0 Å². The van der Waals surface area contributed by atoms with Gasteiger partial charge in [-0.1, -0.05) is 13.8 Å². The summed E-state index contributed by atoms with van der Waals surface area (Å²) in [6, 6.07) is 0. The molecule has 0 aromatic heterocycles. The molecule has 0 aliphatic heterocycles. The van der Waals surface area contributed by atoms with Gasteiger partial charge >= 0.3 is 0 Å². The Morgan fingerprint density at radius 3 is 2.12 bits per heavy atom. The summed E-state index contributed by atoms with van der Waals surface area (Å²) < 4.78 is 0. The van der Waals surface area contributed by atoms with Crippen LogP contribution < -0.4 is 0 Å². The van der Waals surface area contributed by atoms with E-state index in [-0.39, 0.29) is 5.92 Å². The fraction of sp³-hybridized carbons (Fsp3) is 0.833. The van der Waals surface area contributed by atoms with Crippen LogP contribution in [0.15, 0.2) is 0 Å². The number of thioether (sulfide) groups is 1. The number of rotatable bonds is 3. The van der Waals surface area contributed by atoms with Crippen LogP contribution in [0.3, 0.4) is 0 Å². The van der Waals surface area contributed by atoms with E-state index in [2.05, 4.69) is 0 Å². The van der Waals surface area contributed by atoms with Crippen LogP contribution in [-0.4, -0.2) is 17.8 Å². The van der Waals surface area contributed by atoms with Gasteiger partial charge in [0, 0.05) is 11.2 Å². The van der Waals surface area contributed by atoms with E-state index in [1.54, 1.807) is 11.8 Å². The second-order valence-electron chi connectivity index (χ2n) is 1.85. The summed E-state index contributed by atoms with van der Waals surface area (Å²) in [5.74, 6) is 0.0741. The van der Waals surface area contributed by atoms with Gasteiger partial charge in [-0.15, -0.1) is 0 Å². The summed E-state index contributed by atoms with van der Waals surface area (Å²) in [5, 5.41) is 0.410. The van der Waals surface area contributed by atoms with Gasteiger partial charge in [0.2, 0.25) is 6.29 Å². The van der Waals surface area contributed by atoms with E-state index in [1.165, 1.54) is 0 Å². The largest absolute Gasteiger partial charge is 0.291 e. The van der Waals surface area contributed by atoms with E-state index in [1.807, 2.05) is 26.4 Å². The summed E-state index contributed by atoms with van der Waals surface area (Å²) in [4.78, 5) is 9.97. The molecule has 1 radical (unpaired) electrons. The predicted octanol–water partition coefficient (Wildman–Crippen LogP) is 1.48. The van der Waals surface area contributed by atoms with Gasteiger partial charge in [-0.2, -0.15) is 11.8 Å². The summed E-state index contributed by atoms with van der Waals surface area (Å²) in [6.45, 7) is 3.91. The lowest BCUT2D eigenvalue weighted by Crippen LogP contribution is -2.09. The van der Waals surface area contributed by atoms with Crippen molar-refractivity contribution in [3.05, 3.63) is 0 Å². The van der Waals surface area contributed by atoms with Gasteiger partial charge in [0.15, 0.2) is 0 Å². The molecule has 2 unspecified atom stereocenters. The predicted molar refractivity (Wildman–Crippen MR) is 37.8 cm³/mol. The smallest absolute Gasteiger partial charge is 0.202 e. The minimum absolute atomic E-state index is 0.0741. The van der Waals surface area contributed by atoms with Crippen LogP contribution in [0.2, 0.25) is 0 Å². The molecule has 0 fully saturated rings. The topological polar surface area (TPSA) is 17.1 Å². The maximum Gasteiger partial charge on any atom is 0.202 e. The van der Waals surface area contributed by atoms with Crippen molar-refractivity contribution in [2.24, 2.45) is 5.92 Å². The van der Waals surface area contributed by atoms with Crippen LogP contribution in [0.5, 0.6) is 0 Å². The van der Waals surface area contributed by atoms with Crippen LogP contribution >= 0.6 is 11.8 Å². The fourth-order valence-electron chi connectivity index (χ4n) is 0.300. The zero-order valence-electron chi connectivity index (χ0n) is 5.47. The Morgan fingerprint density at radius 2 is 2.00 bits per heavy atom. The Labute approximate surface area is 54.8 Å². The molecule has 0 bridgehead atoms. The van der Waals surface area contributed by atoms with Crippen molar-refractivity contribution in [3.63, 3.8) is 0 Å². The molecular weight excluding hydrogens is 120 g/mol. The van der Waals surface area contributed by atoms with Crippen LogP contribution in [-0.2, 0) is 4.79 Å². The Hall–Kier alpha value is 0.0200. The lowest BCUT2D eigenvalue weighted by Gasteiger charge is -2.08. The number of carbonyl (C=O) groups excluding carboxylic acids is 1. The molecule has 0 rings (SSSR count). The summed E-state index contributed by atoms with van der Waals surface area (Å²) in [7, 11) is 0. The van der Waals surface area contributed by atoms with Crippen molar-refractivity contribution in [1.82, 2.24) is 0 Å². The molecule has 0 heterocycles. The highest BCUT2D eigenvalue weighted by Gasteiger charge is 2.08. The zero-order chi connectivity index (χ0) is 6.57. The maximum atomic E-state index is 9.97. The Bertz CT molecular complexity index is 72.9. The van der Waals surface area contributed by atoms with Crippen LogP contribution in [0.1, 0.15) is 13.8 Å². The van der Waals surface area contributed by atoms with E-state index in [0.717, 1.165) is 0 Å². The SMILES string of the molecule is CSC(C)C(C)[C]=O. The third-order valence-corrected chi connectivity index (χ3v) is 2.41. The Morgan fingerprint density at radius 1 is 1.50 bits per heavy atom. The van der Waals surface area contributed by atoms with Crippen molar-refractivity contribution in [3.8, 4) is 0 Å². The minimum Gasteiger partial charge on any atom is -0.291 e. The van der Waals surface area contributed by atoms with Crippen LogP contribution in [0.25, 0.3) is 0 Å². The van der Waals surface area contributed by atoms with Crippen LogP contribution in [0, 0.1) is 5.92 Å². The molecule has 2 atom stereocenters. The number of hydrogen-bond acceptors (Lipinski definition) is 2. The first kappa shape index (κ1) is 8.02. The maximum absolute atomic E-state index is 9.97. The third-order valence-electron chi connectivity index (χ3n) is 1.26. The Balaban J connectivity index is 3.44. The molecular formula is C6H11OS. The van der Waals surface area contributed by atoms with E-state index in [0.29, 0.717) is 5.25 Å². The molecule has 0 saturated heterocycles. The average molecular weight is 131 g/mol. The van der Waals surface area contributed by atoms with E-state index in [4.69, 9.17) is 0 Å². The lowest BCUT2D eigenvalue weighted by atomic mass is 10.1. The first-order chi connectivity index (χ1) is 3.72. The van der Waals surface area contributed by atoms with E-state index < -0.39 is 0 Å². The second kappa shape index (κ2) is 3.96. The zero-order valence-corrected chi connectivity index (χ0v) is 6.29. The molecule has 47 valence electrons. The molecule has 0 aliphatic rings. The quantitative estimate of drug-likeness (QED) is 0.577. The molecule has 0 aromatic rings. The van der Waals surface area contributed by atoms with Crippen molar-refractivity contribution in [2.75, 3.05) is 6.26 Å². The standard InChI is InChI=1S/C6H11OS/c1-5(4-7)6(2)8-3/h5-6H,1-3H3. The molecule has 0 spiro atoms. The Kier molecular flexibility index (Phi) is 3.97. The summed E-state index contributed by atoms with van der Waals surface area (Å²) >= 11 is 1.69. The average Bonchev–Trinajstić information content (AvgIpc) is 1.84. The van der Waals surface area contributed by atoms with Gasteiger partial charge in [0.05, 0.1) is 0 Å². The molecule has 0 aliphatic carbocycles. The monoisotopic (exact) mass is 131 g/mol. The first-order valence-electron chi connectivity index (χ1n) is 2.62. The molecule has 2 heteroatoms. The van der Waals surface area contributed by atoms with Gasteiger partial charge in [-0.05, 0) is 6.26 Å². The highest BCUT2D eigenvalue weighted by atomic mass is 32.2. The number of hydrogen-bond donors (Lipinski definition) is 0. The third kappa shape index (κ3) is 2.36.